The van der Waals surface area contributed by atoms with Crippen LogP contribution < -0.4 is 21.3 Å². The predicted molar refractivity (Wildman–Crippen MR) is 133 cm³/mol. The number of nitrogens with two attached hydrogens (primary N) is 1. The Hall–Kier alpha value is -4.67. The maximum absolute atomic E-state index is 13.7. The third-order valence-electron chi connectivity index (χ3n) is 5.31. The minimum Gasteiger partial charge on any atom is -0.497 e. The molecule has 4 N–H and O–H groups in total. The number of alkyl halides is 3. The lowest BCUT2D eigenvalue weighted by molar-refractivity contribution is -0.115. The summed E-state index contributed by atoms with van der Waals surface area (Å²) >= 11 is 0. The Bertz CT molecular complexity index is 1490. The van der Waals surface area contributed by atoms with E-state index in [2.05, 4.69) is 15.3 Å². The highest BCUT2D eigenvalue weighted by Gasteiger charge is 2.27. The van der Waals surface area contributed by atoms with E-state index in [1.807, 2.05) is 0 Å². The SMILES string of the molecule is COc1ccc(-c2cc3cnc(NCC(F)(F)F)nc3n(-c3ccc(/C(N)=C/C=N)cc3)c2=O)cc1. The fourth-order valence-corrected chi connectivity index (χ4v) is 3.57. The molecule has 36 heavy (non-hydrogen) atoms. The fraction of sp³-hybridized carbons (Fsp3) is 0.120. The van der Waals surface area contributed by atoms with E-state index in [4.69, 9.17) is 15.9 Å². The van der Waals surface area contributed by atoms with Crippen molar-refractivity contribution in [1.29, 1.82) is 5.41 Å². The third-order valence-corrected chi connectivity index (χ3v) is 5.31. The number of aromatic nitrogens is 3. The van der Waals surface area contributed by atoms with Crippen LogP contribution in [0, 0.1) is 5.41 Å². The highest BCUT2D eigenvalue weighted by Crippen LogP contribution is 2.25. The van der Waals surface area contributed by atoms with Gasteiger partial charge in [0.1, 0.15) is 12.3 Å². The summed E-state index contributed by atoms with van der Waals surface area (Å²) in [5.74, 6) is 0.356. The van der Waals surface area contributed by atoms with Crippen molar-refractivity contribution in [2.45, 2.75) is 6.18 Å². The standard InChI is InChI=1S/C25H21F3N6O2/c1-36-19-8-4-15(5-9-19)20-12-17-13-31-24(32-14-25(26,27)28)33-22(17)34(23(20)35)18-6-2-16(3-7-18)21(30)10-11-29/h2-13,29H,14,30H2,1H3,(H,31,32,33)/b21-10-,29-11?. The van der Waals surface area contributed by atoms with Gasteiger partial charge in [-0.1, -0.05) is 24.3 Å². The Kier molecular flexibility index (Phi) is 6.73. The summed E-state index contributed by atoms with van der Waals surface area (Å²) in [4.78, 5) is 21.9. The molecule has 8 nitrogen and oxygen atoms in total. The normalized spacial score (nSPS) is 11.9. The van der Waals surface area contributed by atoms with Crippen LogP contribution in [0.15, 0.2) is 71.7 Å². The molecule has 4 aromatic rings. The number of allylic oxidation sites excluding steroid dienone is 1. The molecule has 2 aromatic heterocycles. The number of rotatable bonds is 7. The number of nitrogens with zero attached hydrogens (tertiary/aromatic N) is 3. The zero-order chi connectivity index (χ0) is 25.9. The van der Waals surface area contributed by atoms with Gasteiger partial charge in [0.25, 0.3) is 5.56 Å². The quantitative estimate of drug-likeness (QED) is 0.328. The van der Waals surface area contributed by atoms with Gasteiger partial charge in [-0.05, 0) is 47.5 Å². The number of hydrogen-bond donors (Lipinski definition) is 3. The molecule has 0 aliphatic heterocycles. The lowest BCUT2D eigenvalue weighted by Crippen LogP contribution is -2.24. The first-order valence-corrected chi connectivity index (χ1v) is 10.6. The van der Waals surface area contributed by atoms with Gasteiger partial charge in [0.05, 0.1) is 12.8 Å². The van der Waals surface area contributed by atoms with E-state index in [1.54, 1.807) is 54.6 Å². The van der Waals surface area contributed by atoms with Crippen molar-refractivity contribution in [3.8, 4) is 22.6 Å². The molecule has 0 bridgehead atoms. The van der Waals surface area contributed by atoms with Crippen molar-refractivity contribution < 1.29 is 17.9 Å². The summed E-state index contributed by atoms with van der Waals surface area (Å²) in [6.07, 6.45) is -0.613. The highest BCUT2D eigenvalue weighted by molar-refractivity contribution is 5.84. The number of anilines is 1. The van der Waals surface area contributed by atoms with Gasteiger partial charge in [-0.25, -0.2) is 4.98 Å². The Morgan fingerprint density at radius 1 is 1.17 bits per heavy atom. The van der Waals surface area contributed by atoms with Gasteiger partial charge in [-0.3, -0.25) is 9.36 Å². The Balaban J connectivity index is 1.91. The monoisotopic (exact) mass is 494 g/mol. The number of halogens is 3. The summed E-state index contributed by atoms with van der Waals surface area (Å²) in [6.45, 7) is -1.32. The van der Waals surface area contributed by atoms with Crippen LogP contribution in [-0.2, 0) is 0 Å². The largest absolute Gasteiger partial charge is 0.497 e. The summed E-state index contributed by atoms with van der Waals surface area (Å²) < 4.78 is 44.6. The summed E-state index contributed by atoms with van der Waals surface area (Å²) in [5.41, 5.74) is 8.02. The smallest absolute Gasteiger partial charge is 0.405 e. The average molecular weight is 494 g/mol. The van der Waals surface area contributed by atoms with Crippen LogP contribution in [0.25, 0.3) is 33.5 Å². The van der Waals surface area contributed by atoms with Crippen LogP contribution in [-0.4, -0.2) is 40.6 Å². The van der Waals surface area contributed by atoms with E-state index in [-0.39, 0.29) is 11.6 Å². The van der Waals surface area contributed by atoms with E-state index >= 15 is 0 Å². The van der Waals surface area contributed by atoms with Crippen molar-refractivity contribution in [3.05, 3.63) is 82.8 Å². The van der Waals surface area contributed by atoms with Crippen LogP contribution in [0.4, 0.5) is 19.1 Å². The number of benzene rings is 2. The molecule has 0 saturated heterocycles. The first-order valence-electron chi connectivity index (χ1n) is 10.6. The van der Waals surface area contributed by atoms with Gasteiger partial charge >= 0.3 is 6.18 Å². The van der Waals surface area contributed by atoms with E-state index in [0.29, 0.717) is 39.2 Å². The van der Waals surface area contributed by atoms with Gasteiger partial charge in [0.15, 0.2) is 5.65 Å². The Morgan fingerprint density at radius 3 is 2.47 bits per heavy atom. The molecule has 0 radical (unpaired) electrons. The van der Waals surface area contributed by atoms with Gasteiger partial charge < -0.3 is 21.2 Å². The molecular weight excluding hydrogens is 473 g/mol. The molecule has 184 valence electrons. The molecular formula is C25H21F3N6O2. The second-order valence-electron chi connectivity index (χ2n) is 7.70. The van der Waals surface area contributed by atoms with E-state index in [0.717, 1.165) is 6.21 Å². The molecule has 4 rings (SSSR count). The van der Waals surface area contributed by atoms with Crippen molar-refractivity contribution in [2.24, 2.45) is 5.73 Å². The molecule has 2 heterocycles. The van der Waals surface area contributed by atoms with Gasteiger partial charge in [0.2, 0.25) is 5.95 Å². The molecule has 0 fully saturated rings. The average Bonchev–Trinajstić information content (AvgIpc) is 2.87. The van der Waals surface area contributed by atoms with Crippen LogP contribution in [0.5, 0.6) is 5.75 Å². The van der Waals surface area contributed by atoms with Crippen LogP contribution in [0.3, 0.4) is 0 Å². The fourth-order valence-electron chi connectivity index (χ4n) is 3.57. The molecule has 0 spiro atoms. The Labute approximate surface area is 203 Å². The first-order chi connectivity index (χ1) is 17.2. The van der Waals surface area contributed by atoms with Gasteiger partial charge in [-0.15, -0.1) is 0 Å². The number of pyridine rings is 1. The molecule has 0 saturated carbocycles. The summed E-state index contributed by atoms with van der Waals surface area (Å²) in [6, 6.07) is 15.1. The van der Waals surface area contributed by atoms with Crippen molar-refractivity contribution in [3.63, 3.8) is 0 Å². The van der Waals surface area contributed by atoms with E-state index < -0.39 is 18.3 Å². The lowest BCUT2D eigenvalue weighted by atomic mass is 10.1. The maximum Gasteiger partial charge on any atom is 0.405 e. The topological polar surface area (TPSA) is 119 Å². The highest BCUT2D eigenvalue weighted by atomic mass is 19.4. The number of hydrogen-bond acceptors (Lipinski definition) is 7. The molecule has 0 atom stereocenters. The number of ether oxygens (including phenoxy) is 1. The molecule has 11 heteroatoms. The van der Waals surface area contributed by atoms with Crippen LogP contribution in [0.2, 0.25) is 0 Å². The molecule has 2 aromatic carbocycles. The molecule has 0 aliphatic rings. The van der Waals surface area contributed by atoms with Crippen molar-refractivity contribution in [2.75, 3.05) is 19.0 Å². The number of nitrogens with one attached hydrogen (secondary N) is 2. The van der Waals surface area contributed by atoms with E-state index in [9.17, 15) is 18.0 Å². The van der Waals surface area contributed by atoms with Gasteiger partial charge in [0, 0.05) is 29.1 Å². The third kappa shape index (κ3) is 5.19. The van der Waals surface area contributed by atoms with Crippen LogP contribution >= 0.6 is 0 Å². The second kappa shape index (κ2) is 9.90. The number of methoxy groups -OCH3 is 1. The van der Waals surface area contributed by atoms with Crippen molar-refractivity contribution >= 4 is 28.9 Å². The Morgan fingerprint density at radius 2 is 1.86 bits per heavy atom. The molecule has 0 unspecified atom stereocenters. The first kappa shape index (κ1) is 24.5. The zero-order valence-electron chi connectivity index (χ0n) is 19.0. The van der Waals surface area contributed by atoms with E-state index in [1.165, 1.54) is 23.9 Å². The minimum absolute atomic E-state index is 0.132. The van der Waals surface area contributed by atoms with Gasteiger partial charge in [-0.2, -0.15) is 18.2 Å². The lowest BCUT2D eigenvalue weighted by Gasteiger charge is -2.15. The summed E-state index contributed by atoms with van der Waals surface area (Å²) in [5, 5.41) is 9.78. The summed E-state index contributed by atoms with van der Waals surface area (Å²) in [7, 11) is 1.54. The van der Waals surface area contributed by atoms with Crippen molar-refractivity contribution in [1.82, 2.24) is 14.5 Å². The zero-order valence-corrected chi connectivity index (χ0v) is 19.0. The molecule has 0 amide bonds. The predicted octanol–water partition coefficient (Wildman–Crippen LogP) is 4.38. The second-order valence-corrected chi connectivity index (χ2v) is 7.70. The minimum atomic E-state index is -4.46. The maximum atomic E-state index is 13.7. The van der Waals surface area contributed by atoms with Crippen LogP contribution in [0.1, 0.15) is 5.56 Å². The number of fused-ring (bicyclic) bond motifs is 1. The molecule has 0 aliphatic carbocycles.